The number of carbonyl (C=O) groups is 2. The first-order valence-electron chi connectivity index (χ1n) is 8.89. The van der Waals surface area contributed by atoms with Crippen LogP contribution in [-0.2, 0) is 9.59 Å². The van der Waals surface area contributed by atoms with Gasteiger partial charge in [0.05, 0.1) is 0 Å². The molecule has 2 aromatic rings. The van der Waals surface area contributed by atoms with Gasteiger partial charge in [-0.2, -0.15) is 5.10 Å². The Morgan fingerprint density at radius 1 is 1.26 bits per heavy atom. The maximum atomic E-state index is 12.8. The number of amides is 2. The molecule has 0 atom stereocenters. The molecule has 142 valence electrons. The van der Waals surface area contributed by atoms with Crippen LogP contribution in [0.1, 0.15) is 31.2 Å². The Kier molecular flexibility index (Phi) is 6.08. The number of aromatic nitrogens is 4. The van der Waals surface area contributed by atoms with Crippen LogP contribution in [-0.4, -0.2) is 62.7 Å². The third-order valence-electron chi connectivity index (χ3n) is 4.43. The first-order valence-corrected chi connectivity index (χ1v) is 8.89. The van der Waals surface area contributed by atoms with Crippen LogP contribution in [0.4, 0.5) is 5.95 Å². The zero-order chi connectivity index (χ0) is 19.1. The second-order valence-corrected chi connectivity index (χ2v) is 6.16. The van der Waals surface area contributed by atoms with Gasteiger partial charge in [0.15, 0.2) is 0 Å². The fourth-order valence-electron chi connectivity index (χ4n) is 3.05. The molecule has 3 rings (SSSR count). The number of likely N-dealkylation sites (tertiary alicyclic amines) is 1. The zero-order valence-electron chi connectivity index (χ0n) is 15.1. The zero-order valence-corrected chi connectivity index (χ0v) is 15.1. The van der Waals surface area contributed by atoms with Crippen LogP contribution in [0, 0.1) is 0 Å². The van der Waals surface area contributed by atoms with E-state index in [1.807, 2.05) is 18.2 Å². The smallest absolute Gasteiger partial charge is 0.280 e. The number of hydrogen-bond acceptors (Lipinski definition) is 7. The minimum atomic E-state index is -0.535. The summed E-state index contributed by atoms with van der Waals surface area (Å²) in [6.07, 6.45) is 1.69. The molecule has 10 heteroatoms. The van der Waals surface area contributed by atoms with Gasteiger partial charge in [0.1, 0.15) is 0 Å². The number of hydrazone groups is 1. The van der Waals surface area contributed by atoms with Crippen molar-refractivity contribution in [3.05, 3.63) is 35.9 Å². The highest BCUT2D eigenvalue weighted by Crippen LogP contribution is 2.27. The molecule has 0 aliphatic carbocycles. The summed E-state index contributed by atoms with van der Waals surface area (Å²) in [5.74, 6) is -0.383. The van der Waals surface area contributed by atoms with Gasteiger partial charge >= 0.3 is 0 Å². The van der Waals surface area contributed by atoms with Crippen molar-refractivity contribution in [3.8, 4) is 0 Å². The topological polar surface area (TPSA) is 128 Å². The first kappa shape index (κ1) is 18.5. The van der Waals surface area contributed by atoms with E-state index in [2.05, 4.69) is 48.6 Å². The van der Waals surface area contributed by atoms with E-state index in [0.717, 1.165) is 12.8 Å². The number of nitrogens with zero attached hydrogens (tertiary/aromatic N) is 5. The Morgan fingerprint density at radius 3 is 2.63 bits per heavy atom. The number of benzene rings is 1. The second kappa shape index (κ2) is 8.88. The van der Waals surface area contributed by atoms with Gasteiger partial charge in [-0.05, 0) is 41.7 Å². The van der Waals surface area contributed by atoms with Crippen molar-refractivity contribution in [2.45, 2.75) is 25.7 Å². The summed E-state index contributed by atoms with van der Waals surface area (Å²) >= 11 is 0. The summed E-state index contributed by atoms with van der Waals surface area (Å²) in [5, 5.41) is 19.4. The number of nitrogens with one attached hydrogen (secondary N) is 3. The molecular weight excluding hydrogens is 348 g/mol. The van der Waals surface area contributed by atoms with Crippen molar-refractivity contribution in [3.63, 3.8) is 0 Å². The summed E-state index contributed by atoms with van der Waals surface area (Å²) < 4.78 is 0. The van der Waals surface area contributed by atoms with Crippen LogP contribution in [0.5, 0.6) is 0 Å². The normalized spacial score (nSPS) is 15.4. The van der Waals surface area contributed by atoms with Crippen molar-refractivity contribution in [2.75, 3.05) is 25.1 Å². The molecule has 3 N–H and O–H groups in total. The highest BCUT2D eigenvalue weighted by molar-refractivity contribution is 6.65. The molecule has 0 saturated carbocycles. The molecule has 1 saturated heterocycles. The molecule has 1 aromatic carbocycles. The molecule has 2 heterocycles. The summed E-state index contributed by atoms with van der Waals surface area (Å²) in [5.41, 5.74) is 3.57. The second-order valence-electron chi connectivity index (χ2n) is 6.16. The Balaban J connectivity index is 1.67. The number of H-pyrrole nitrogens is 1. The molecule has 1 aliphatic heterocycles. The van der Waals surface area contributed by atoms with Gasteiger partial charge in [-0.15, -0.1) is 0 Å². The van der Waals surface area contributed by atoms with E-state index >= 15 is 0 Å². The number of carbonyl (C=O) groups excluding carboxylic acids is 2. The summed E-state index contributed by atoms with van der Waals surface area (Å²) in [4.78, 5) is 26.8. The average molecular weight is 370 g/mol. The van der Waals surface area contributed by atoms with Crippen molar-refractivity contribution in [1.29, 1.82) is 0 Å². The Labute approximate surface area is 156 Å². The lowest BCUT2D eigenvalue weighted by molar-refractivity contribution is -0.126. The fraction of sp³-hybridized carbons (Fsp3) is 0.412. The average Bonchev–Trinajstić information content (AvgIpc) is 3.22. The van der Waals surface area contributed by atoms with Gasteiger partial charge in [-0.25, -0.2) is 10.5 Å². The lowest BCUT2D eigenvalue weighted by Gasteiger charge is -2.32. The Hall–Kier alpha value is -3.30. The summed E-state index contributed by atoms with van der Waals surface area (Å²) in [7, 11) is 0. The highest BCUT2D eigenvalue weighted by atomic mass is 16.2. The highest BCUT2D eigenvalue weighted by Gasteiger charge is 2.30. The van der Waals surface area contributed by atoms with E-state index in [0.29, 0.717) is 25.6 Å². The van der Waals surface area contributed by atoms with Crippen LogP contribution < -0.4 is 10.7 Å². The number of tetrazole rings is 1. The molecule has 1 aliphatic rings. The largest absolute Gasteiger partial charge is 0.351 e. The first-order chi connectivity index (χ1) is 13.2. The van der Waals surface area contributed by atoms with Gasteiger partial charge in [-0.3, -0.25) is 9.59 Å². The predicted octanol–water partition coefficient (Wildman–Crippen LogP) is 0.510. The lowest BCUT2D eigenvalue weighted by atomic mass is 9.89. The van der Waals surface area contributed by atoms with Crippen LogP contribution in [0.2, 0.25) is 0 Å². The van der Waals surface area contributed by atoms with Gasteiger partial charge in [-0.1, -0.05) is 35.4 Å². The third kappa shape index (κ3) is 4.66. The van der Waals surface area contributed by atoms with E-state index in [1.165, 1.54) is 5.56 Å². The minimum Gasteiger partial charge on any atom is -0.351 e. The van der Waals surface area contributed by atoms with E-state index in [4.69, 9.17) is 0 Å². The SMILES string of the molecule is CCNC(=O)/C(=N\Nc1nnn[nH]1)C(=O)N1CCC(c2ccccc2)CC1. The Bertz CT molecular complexity index is 783. The van der Waals surface area contributed by atoms with E-state index < -0.39 is 11.8 Å². The fourth-order valence-corrected chi connectivity index (χ4v) is 3.05. The maximum Gasteiger partial charge on any atom is 0.280 e. The summed E-state index contributed by atoms with van der Waals surface area (Å²) in [6.45, 7) is 3.31. The molecule has 10 nitrogen and oxygen atoms in total. The molecule has 0 unspecified atom stereocenters. The van der Waals surface area contributed by atoms with E-state index in [1.54, 1.807) is 11.8 Å². The number of aromatic amines is 1. The minimum absolute atomic E-state index is 0.146. The van der Waals surface area contributed by atoms with Crippen molar-refractivity contribution >= 4 is 23.5 Å². The van der Waals surface area contributed by atoms with Crippen LogP contribution in [0.25, 0.3) is 0 Å². The van der Waals surface area contributed by atoms with Crippen molar-refractivity contribution in [1.82, 2.24) is 30.8 Å². The van der Waals surface area contributed by atoms with Crippen LogP contribution >= 0.6 is 0 Å². The molecule has 1 aromatic heterocycles. The molecule has 27 heavy (non-hydrogen) atoms. The quantitative estimate of drug-likeness (QED) is 0.386. The van der Waals surface area contributed by atoms with Crippen molar-refractivity contribution in [2.24, 2.45) is 5.10 Å². The lowest BCUT2D eigenvalue weighted by Crippen LogP contribution is -2.47. The standard InChI is InChI=1S/C17H22N8O2/c1-2-18-15(26)14(19-20-17-21-23-24-22-17)16(27)25-10-8-13(9-11-25)12-6-4-3-5-7-12/h3-7,13H,2,8-11H2,1H3,(H,18,26)(H2,20,21,22,23,24)/b19-14+. The Morgan fingerprint density at radius 2 is 2.00 bits per heavy atom. The monoisotopic (exact) mass is 370 g/mol. The molecule has 0 bridgehead atoms. The molecule has 0 radical (unpaired) electrons. The third-order valence-corrected chi connectivity index (χ3v) is 4.43. The van der Waals surface area contributed by atoms with Crippen LogP contribution in [0.15, 0.2) is 35.4 Å². The maximum absolute atomic E-state index is 12.8. The number of rotatable bonds is 6. The van der Waals surface area contributed by atoms with E-state index in [9.17, 15) is 9.59 Å². The van der Waals surface area contributed by atoms with Crippen molar-refractivity contribution < 1.29 is 9.59 Å². The van der Waals surface area contributed by atoms with E-state index in [-0.39, 0.29) is 11.7 Å². The molecule has 1 fully saturated rings. The predicted molar refractivity (Wildman–Crippen MR) is 98.9 cm³/mol. The molecule has 0 spiro atoms. The number of piperidine rings is 1. The van der Waals surface area contributed by atoms with Gasteiger partial charge in [0.25, 0.3) is 17.8 Å². The molecule has 2 amide bonds. The van der Waals surface area contributed by atoms with Crippen LogP contribution in [0.3, 0.4) is 0 Å². The molecular formula is C17H22N8O2. The number of hydrogen-bond donors (Lipinski definition) is 3. The number of anilines is 1. The van der Waals surface area contributed by atoms with Gasteiger partial charge < -0.3 is 10.2 Å². The van der Waals surface area contributed by atoms with Gasteiger partial charge in [0.2, 0.25) is 5.71 Å². The van der Waals surface area contributed by atoms with Gasteiger partial charge in [0, 0.05) is 19.6 Å². The summed E-state index contributed by atoms with van der Waals surface area (Å²) in [6, 6.07) is 10.3.